The van der Waals surface area contributed by atoms with Gasteiger partial charge in [-0.05, 0) is 41.5 Å². The van der Waals surface area contributed by atoms with Crippen LogP contribution in [0, 0.1) is 18.1 Å². The van der Waals surface area contributed by atoms with Crippen LogP contribution in [0.15, 0.2) is 42.5 Å². The van der Waals surface area contributed by atoms with Crippen molar-refractivity contribution in [2.45, 2.75) is 12.3 Å². The van der Waals surface area contributed by atoms with Crippen LogP contribution in [0.3, 0.4) is 0 Å². The Hall–Kier alpha value is -1.95. The second kappa shape index (κ2) is 5.81. The summed E-state index contributed by atoms with van der Waals surface area (Å²) in [5.41, 5.74) is -1.13. The summed E-state index contributed by atoms with van der Waals surface area (Å²) >= 11 is 0. The molecule has 111 valence electrons. The Kier molecular flexibility index (Phi) is 4.27. The Balaban J connectivity index is 2.25. The Morgan fingerprint density at radius 1 is 0.952 bits per heavy atom. The maximum Gasteiger partial charge on any atom is 0.416 e. The van der Waals surface area contributed by atoms with Gasteiger partial charge >= 0.3 is 6.18 Å². The number of rotatable bonds is 3. The van der Waals surface area contributed by atoms with E-state index < -0.39 is 29.5 Å². The summed E-state index contributed by atoms with van der Waals surface area (Å²) in [7, 11) is 0. The lowest BCUT2D eigenvalue weighted by atomic mass is 9.99. The molecule has 0 amide bonds. The van der Waals surface area contributed by atoms with Crippen LogP contribution < -0.4 is 0 Å². The molecule has 2 aromatic rings. The van der Waals surface area contributed by atoms with Crippen LogP contribution in [-0.2, 0) is 6.18 Å². The van der Waals surface area contributed by atoms with Crippen molar-refractivity contribution in [1.82, 2.24) is 0 Å². The van der Waals surface area contributed by atoms with Crippen LogP contribution in [0.5, 0.6) is 0 Å². The molecular formula is C15H10F5O. The monoisotopic (exact) mass is 301 g/mol. The van der Waals surface area contributed by atoms with Gasteiger partial charge in [0.15, 0.2) is 0 Å². The van der Waals surface area contributed by atoms with Crippen LogP contribution in [0.25, 0.3) is 0 Å². The molecule has 0 spiro atoms. The topological polar surface area (TPSA) is 20.2 Å². The van der Waals surface area contributed by atoms with Crippen LogP contribution in [-0.4, -0.2) is 5.11 Å². The highest BCUT2D eigenvalue weighted by atomic mass is 19.4. The third-order valence-corrected chi connectivity index (χ3v) is 2.79. The average molecular weight is 301 g/mol. The molecular weight excluding hydrogens is 291 g/mol. The van der Waals surface area contributed by atoms with Crippen molar-refractivity contribution in [1.29, 1.82) is 0 Å². The summed E-state index contributed by atoms with van der Waals surface area (Å²) in [5, 5.41) is 9.86. The van der Waals surface area contributed by atoms with Crippen molar-refractivity contribution in [3.8, 4) is 0 Å². The number of benzene rings is 2. The van der Waals surface area contributed by atoms with E-state index in [9.17, 15) is 27.1 Å². The Labute approximate surface area is 117 Å². The maximum absolute atomic E-state index is 13.2. The molecule has 2 aromatic carbocycles. The fourth-order valence-electron chi connectivity index (χ4n) is 1.84. The van der Waals surface area contributed by atoms with Crippen molar-refractivity contribution in [3.63, 3.8) is 0 Å². The van der Waals surface area contributed by atoms with Crippen molar-refractivity contribution < 1.29 is 27.1 Å². The van der Waals surface area contributed by atoms with E-state index in [1.807, 2.05) is 0 Å². The highest BCUT2D eigenvalue weighted by molar-refractivity contribution is 5.34. The van der Waals surface area contributed by atoms with E-state index in [-0.39, 0.29) is 11.1 Å². The van der Waals surface area contributed by atoms with E-state index in [1.165, 1.54) is 18.2 Å². The molecule has 0 fully saturated rings. The highest BCUT2D eigenvalue weighted by Crippen LogP contribution is 2.32. The standard InChI is InChI=1S/C15H10F5O/c16-12-3-1-2-10(7-12)14(21)6-9-4-11(15(18,19)20)8-13(17)5-9/h1-8,14,21H/t14-/m1/s1. The molecule has 0 aliphatic heterocycles. The minimum absolute atomic E-state index is 0.140. The van der Waals surface area contributed by atoms with Crippen molar-refractivity contribution in [3.05, 3.63) is 77.2 Å². The first-order valence-corrected chi connectivity index (χ1v) is 5.92. The first-order valence-electron chi connectivity index (χ1n) is 5.92. The Bertz CT molecular complexity index is 636. The molecule has 6 heteroatoms. The van der Waals surface area contributed by atoms with Gasteiger partial charge in [-0.25, -0.2) is 8.78 Å². The summed E-state index contributed by atoms with van der Waals surface area (Å²) in [6, 6.07) is 6.92. The lowest BCUT2D eigenvalue weighted by molar-refractivity contribution is -0.137. The number of hydrogen-bond acceptors (Lipinski definition) is 1. The van der Waals surface area contributed by atoms with Gasteiger partial charge in [-0.3, -0.25) is 0 Å². The summed E-state index contributed by atoms with van der Waals surface area (Å²) in [4.78, 5) is 0. The Morgan fingerprint density at radius 2 is 1.67 bits per heavy atom. The normalized spacial score (nSPS) is 13.2. The van der Waals surface area contributed by atoms with Gasteiger partial charge in [0.25, 0.3) is 0 Å². The first kappa shape index (κ1) is 15.4. The van der Waals surface area contributed by atoms with Crippen molar-refractivity contribution >= 4 is 0 Å². The van der Waals surface area contributed by atoms with E-state index in [2.05, 4.69) is 0 Å². The molecule has 0 bridgehead atoms. The molecule has 1 radical (unpaired) electrons. The van der Waals surface area contributed by atoms with Gasteiger partial charge in [-0.1, -0.05) is 12.1 Å². The molecule has 1 nitrogen and oxygen atoms in total. The van der Waals surface area contributed by atoms with Crippen LogP contribution in [0.2, 0.25) is 0 Å². The van der Waals surface area contributed by atoms with Gasteiger partial charge in [0.05, 0.1) is 11.7 Å². The van der Waals surface area contributed by atoms with Gasteiger partial charge in [0, 0.05) is 6.42 Å². The molecule has 2 rings (SSSR count). The smallest absolute Gasteiger partial charge is 0.388 e. The number of alkyl halides is 3. The zero-order chi connectivity index (χ0) is 15.6. The number of hydrogen-bond donors (Lipinski definition) is 1. The van der Waals surface area contributed by atoms with Crippen LogP contribution >= 0.6 is 0 Å². The molecule has 1 atom stereocenters. The maximum atomic E-state index is 13.2. The summed E-state index contributed by atoms with van der Waals surface area (Å²) in [6.45, 7) is 0. The molecule has 0 aromatic heterocycles. The third kappa shape index (κ3) is 4.01. The number of aliphatic hydroxyl groups is 1. The predicted molar refractivity (Wildman–Crippen MR) is 66.2 cm³/mol. The summed E-state index contributed by atoms with van der Waals surface area (Å²) in [6.07, 6.45) is -5.01. The second-order valence-electron chi connectivity index (χ2n) is 4.44. The minimum Gasteiger partial charge on any atom is -0.388 e. The average Bonchev–Trinajstić information content (AvgIpc) is 2.37. The van der Waals surface area contributed by atoms with Gasteiger partial charge in [0.2, 0.25) is 0 Å². The zero-order valence-electron chi connectivity index (χ0n) is 10.5. The molecule has 0 saturated carbocycles. The molecule has 0 saturated heterocycles. The molecule has 0 unspecified atom stereocenters. The van der Waals surface area contributed by atoms with Gasteiger partial charge in [-0.15, -0.1) is 0 Å². The Morgan fingerprint density at radius 3 is 2.29 bits per heavy atom. The fourth-order valence-corrected chi connectivity index (χ4v) is 1.84. The molecule has 0 aliphatic carbocycles. The SMILES string of the molecule is O[C@H]([CH]c1cc(F)cc(C(F)(F)F)c1)c1cccc(F)c1. The largest absolute Gasteiger partial charge is 0.416 e. The molecule has 0 heterocycles. The first-order chi connectivity index (χ1) is 9.75. The van der Waals surface area contributed by atoms with Crippen LogP contribution in [0.1, 0.15) is 22.8 Å². The lowest BCUT2D eigenvalue weighted by Crippen LogP contribution is -2.07. The number of halogens is 5. The quantitative estimate of drug-likeness (QED) is 0.839. The molecule has 21 heavy (non-hydrogen) atoms. The lowest BCUT2D eigenvalue weighted by Gasteiger charge is -2.13. The summed E-state index contributed by atoms with van der Waals surface area (Å²) in [5.74, 6) is -1.65. The van der Waals surface area contributed by atoms with Crippen molar-refractivity contribution in [2.75, 3.05) is 0 Å². The van der Waals surface area contributed by atoms with Gasteiger partial charge < -0.3 is 5.11 Å². The predicted octanol–water partition coefficient (Wildman–Crippen LogP) is 4.27. The second-order valence-corrected chi connectivity index (χ2v) is 4.44. The highest BCUT2D eigenvalue weighted by Gasteiger charge is 2.31. The van der Waals surface area contributed by atoms with Gasteiger partial charge in [-0.2, -0.15) is 13.2 Å². The van der Waals surface area contributed by atoms with Gasteiger partial charge in [0.1, 0.15) is 11.6 Å². The van der Waals surface area contributed by atoms with Crippen molar-refractivity contribution in [2.24, 2.45) is 0 Å². The minimum atomic E-state index is -4.69. The van der Waals surface area contributed by atoms with Crippen LogP contribution in [0.4, 0.5) is 22.0 Å². The van der Waals surface area contributed by atoms with E-state index >= 15 is 0 Å². The summed E-state index contributed by atoms with van der Waals surface area (Å²) < 4.78 is 63.9. The van der Waals surface area contributed by atoms with E-state index in [1.54, 1.807) is 0 Å². The van der Waals surface area contributed by atoms with E-state index in [4.69, 9.17) is 0 Å². The zero-order valence-corrected chi connectivity index (χ0v) is 10.5. The van der Waals surface area contributed by atoms with E-state index in [0.29, 0.717) is 12.1 Å². The number of aliphatic hydroxyl groups excluding tert-OH is 1. The third-order valence-electron chi connectivity index (χ3n) is 2.79. The van der Waals surface area contributed by atoms with E-state index in [0.717, 1.165) is 18.6 Å². The fraction of sp³-hybridized carbons (Fsp3) is 0.133. The molecule has 1 N–H and O–H groups in total. The molecule has 0 aliphatic rings.